The SMILES string of the molecule is COC(OC)C(N)CCc1ccccc1. The molecule has 15 heavy (non-hydrogen) atoms. The highest BCUT2D eigenvalue weighted by molar-refractivity contribution is 5.14. The van der Waals surface area contributed by atoms with E-state index >= 15 is 0 Å². The van der Waals surface area contributed by atoms with Crippen LogP contribution in [-0.4, -0.2) is 26.6 Å². The number of nitrogens with two attached hydrogens (primary N) is 1. The molecule has 0 heterocycles. The lowest BCUT2D eigenvalue weighted by Gasteiger charge is -2.20. The summed E-state index contributed by atoms with van der Waals surface area (Å²) in [6.07, 6.45) is 1.50. The average molecular weight is 209 g/mol. The van der Waals surface area contributed by atoms with Gasteiger partial charge in [-0.1, -0.05) is 30.3 Å². The molecular weight excluding hydrogens is 190 g/mol. The summed E-state index contributed by atoms with van der Waals surface area (Å²) in [5.74, 6) is 0. The van der Waals surface area contributed by atoms with Gasteiger partial charge in [-0.15, -0.1) is 0 Å². The first-order chi connectivity index (χ1) is 7.27. The fraction of sp³-hybridized carbons (Fsp3) is 0.500. The minimum atomic E-state index is -0.311. The molecule has 0 radical (unpaired) electrons. The predicted molar refractivity (Wildman–Crippen MR) is 60.5 cm³/mol. The molecule has 0 aromatic heterocycles. The second kappa shape index (κ2) is 6.56. The number of aryl methyl sites for hydroxylation is 1. The third kappa shape index (κ3) is 4.00. The Labute approximate surface area is 91.2 Å². The van der Waals surface area contributed by atoms with Crippen LogP contribution in [0.1, 0.15) is 12.0 Å². The number of hydrogen-bond acceptors (Lipinski definition) is 3. The monoisotopic (exact) mass is 209 g/mol. The van der Waals surface area contributed by atoms with Gasteiger partial charge in [-0.3, -0.25) is 0 Å². The highest BCUT2D eigenvalue weighted by Gasteiger charge is 2.15. The average Bonchev–Trinajstić information content (AvgIpc) is 2.29. The van der Waals surface area contributed by atoms with Crippen LogP contribution >= 0.6 is 0 Å². The highest BCUT2D eigenvalue weighted by atomic mass is 16.7. The van der Waals surface area contributed by atoms with Crippen molar-refractivity contribution in [2.45, 2.75) is 25.2 Å². The van der Waals surface area contributed by atoms with E-state index in [1.807, 2.05) is 18.2 Å². The van der Waals surface area contributed by atoms with Gasteiger partial charge in [0, 0.05) is 14.2 Å². The fourth-order valence-electron chi connectivity index (χ4n) is 1.56. The van der Waals surface area contributed by atoms with Crippen LogP contribution in [0, 0.1) is 0 Å². The summed E-state index contributed by atoms with van der Waals surface area (Å²) >= 11 is 0. The molecule has 1 aromatic rings. The Morgan fingerprint density at radius 2 is 1.73 bits per heavy atom. The van der Waals surface area contributed by atoms with Crippen LogP contribution in [0.3, 0.4) is 0 Å². The van der Waals surface area contributed by atoms with E-state index in [9.17, 15) is 0 Å². The van der Waals surface area contributed by atoms with Gasteiger partial charge >= 0.3 is 0 Å². The third-order valence-corrected chi connectivity index (χ3v) is 2.42. The molecule has 1 rings (SSSR count). The van der Waals surface area contributed by atoms with Gasteiger partial charge in [0.25, 0.3) is 0 Å². The Hall–Kier alpha value is -0.900. The zero-order valence-electron chi connectivity index (χ0n) is 9.35. The molecule has 3 nitrogen and oxygen atoms in total. The van der Waals surface area contributed by atoms with E-state index < -0.39 is 0 Å². The maximum atomic E-state index is 5.94. The Morgan fingerprint density at radius 3 is 2.27 bits per heavy atom. The van der Waals surface area contributed by atoms with Crippen LogP contribution in [-0.2, 0) is 15.9 Å². The Kier molecular flexibility index (Phi) is 5.32. The van der Waals surface area contributed by atoms with Crippen molar-refractivity contribution in [1.82, 2.24) is 0 Å². The minimum absolute atomic E-state index is 0.0831. The fourth-order valence-corrected chi connectivity index (χ4v) is 1.56. The maximum Gasteiger partial charge on any atom is 0.171 e. The first kappa shape index (κ1) is 12.2. The second-order valence-corrected chi connectivity index (χ2v) is 3.53. The van der Waals surface area contributed by atoms with Crippen LogP contribution in [0.4, 0.5) is 0 Å². The number of ether oxygens (including phenoxy) is 2. The largest absolute Gasteiger partial charge is 0.354 e. The van der Waals surface area contributed by atoms with E-state index in [1.54, 1.807) is 14.2 Å². The molecule has 0 spiro atoms. The van der Waals surface area contributed by atoms with Gasteiger partial charge in [0.2, 0.25) is 0 Å². The van der Waals surface area contributed by atoms with Crippen molar-refractivity contribution in [2.75, 3.05) is 14.2 Å². The number of methoxy groups -OCH3 is 2. The quantitative estimate of drug-likeness (QED) is 0.723. The molecule has 84 valence electrons. The van der Waals surface area contributed by atoms with Crippen molar-refractivity contribution in [3.8, 4) is 0 Å². The van der Waals surface area contributed by atoms with E-state index in [0.717, 1.165) is 12.8 Å². The normalized spacial score (nSPS) is 13.1. The molecule has 0 amide bonds. The predicted octanol–water partition coefficient (Wildman–Crippen LogP) is 1.57. The maximum absolute atomic E-state index is 5.94. The van der Waals surface area contributed by atoms with Crippen LogP contribution in [0.15, 0.2) is 30.3 Å². The van der Waals surface area contributed by atoms with E-state index in [2.05, 4.69) is 12.1 Å². The molecule has 0 aliphatic carbocycles. The van der Waals surface area contributed by atoms with Crippen LogP contribution < -0.4 is 5.73 Å². The van der Waals surface area contributed by atoms with E-state index in [1.165, 1.54) is 5.56 Å². The molecule has 1 atom stereocenters. The van der Waals surface area contributed by atoms with Crippen molar-refractivity contribution >= 4 is 0 Å². The number of benzene rings is 1. The summed E-state index contributed by atoms with van der Waals surface area (Å²) in [6.45, 7) is 0. The zero-order valence-corrected chi connectivity index (χ0v) is 9.35. The minimum Gasteiger partial charge on any atom is -0.354 e. The first-order valence-corrected chi connectivity index (χ1v) is 5.13. The molecule has 1 aromatic carbocycles. The molecule has 0 saturated carbocycles. The Bertz CT molecular complexity index is 260. The highest BCUT2D eigenvalue weighted by Crippen LogP contribution is 2.07. The molecule has 2 N–H and O–H groups in total. The lowest BCUT2D eigenvalue weighted by molar-refractivity contribution is -0.117. The summed E-state index contributed by atoms with van der Waals surface area (Å²) in [4.78, 5) is 0. The Morgan fingerprint density at radius 1 is 1.13 bits per heavy atom. The summed E-state index contributed by atoms with van der Waals surface area (Å²) in [5.41, 5.74) is 7.23. The Balaban J connectivity index is 2.36. The number of rotatable bonds is 6. The van der Waals surface area contributed by atoms with Crippen molar-refractivity contribution < 1.29 is 9.47 Å². The van der Waals surface area contributed by atoms with Gasteiger partial charge < -0.3 is 15.2 Å². The standard InChI is InChI=1S/C12H19NO2/c1-14-12(15-2)11(13)9-8-10-6-4-3-5-7-10/h3-7,11-12H,8-9,13H2,1-2H3. The second-order valence-electron chi connectivity index (χ2n) is 3.53. The van der Waals surface area contributed by atoms with Crippen molar-refractivity contribution in [3.63, 3.8) is 0 Å². The van der Waals surface area contributed by atoms with Crippen LogP contribution in [0.2, 0.25) is 0 Å². The molecule has 0 fully saturated rings. The van der Waals surface area contributed by atoms with E-state index in [4.69, 9.17) is 15.2 Å². The van der Waals surface area contributed by atoms with E-state index in [0.29, 0.717) is 0 Å². The lowest BCUT2D eigenvalue weighted by atomic mass is 10.1. The van der Waals surface area contributed by atoms with Crippen LogP contribution in [0.5, 0.6) is 0 Å². The molecule has 0 bridgehead atoms. The number of hydrogen-bond donors (Lipinski definition) is 1. The van der Waals surface area contributed by atoms with Gasteiger partial charge in [-0.05, 0) is 18.4 Å². The van der Waals surface area contributed by atoms with Gasteiger partial charge in [0.05, 0.1) is 6.04 Å². The smallest absolute Gasteiger partial charge is 0.171 e. The summed E-state index contributed by atoms with van der Waals surface area (Å²) in [6, 6.07) is 10.2. The lowest BCUT2D eigenvalue weighted by Crippen LogP contribution is -2.37. The van der Waals surface area contributed by atoms with Gasteiger partial charge in [0.1, 0.15) is 0 Å². The summed E-state index contributed by atoms with van der Waals surface area (Å²) in [5, 5.41) is 0. The van der Waals surface area contributed by atoms with E-state index in [-0.39, 0.29) is 12.3 Å². The van der Waals surface area contributed by atoms with Gasteiger partial charge in [0.15, 0.2) is 6.29 Å². The van der Waals surface area contributed by atoms with Crippen molar-refractivity contribution in [3.05, 3.63) is 35.9 Å². The van der Waals surface area contributed by atoms with Crippen molar-refractivity contribution in [2.24, 2.45) is 5.73 Å². The third-order valence-electron chi connectivity index (χ3n) is 2.42. The van der Waals surface area contributed by atoms with Crippen molar-refractivity contribution in [1.29, 1.82) is 0 Å². The first-order valence-electron chi connectivity index (χ1n) is 5.13. The zero-order chi connectivity index (χ0) is 11.1. The molecule has 0 aliphatic rings. The molecule has 3 heteroatoms. The summed E-state index contributed by atoms with van der Waals surface area (Å²) in [7, 11) is 3.22. The van der Waals surface area contributed by atoms with Gasteiger partial charge in [-0.25, -0.2) is 0 Å². The molecule has 0 aliphatic heterocycles. The molecule has 0 saturated heterocycles. The molecular formula is C12H19NO2. The summed E-state index contributed by atoms with van der Waals surface area (Å²) < 4.78 is 10.2. The topological polar surface area (TPSA) is 44.5 Å². The van der Waals surface area contributed by atoms with Crippen LogP contribution in [0.25, 0.3) is 0 Å². The van der Waals surface area contributed by atoms with Gasteiger partial charge in [-0.2, -0.15) is 0 Å². The molecule has 1 unspecified atom stereocenters.